The maximum atomic E-state index is 13.4. The summed E-state index contributed by atoms with van der Waals surface area (Å²) in [5, 5.41) is 9.63. The number of anilines is 1. The number of amides is 3. The predicted octanol–water partition coefficient (Wildman–Crippen LogP) is 7.13. The zero-order valence-corrected chi connectivity index (χ0v) is 26.8. The Morgan fingerprint density at radius 2 is 1.76 bits per heavy atom. The number of hydrogen-bond donors (Lipinski definition) is 2. The number of rotatable bonds is 9. The van der Waals surface area contributed by atoms with Crippen molar-refractivity contribution < 1.29 is 23.9 Å². The average Bonchev–Trinajstić information content (AvgIpc) is 3.54. The molecule has 0 unspecified atom stereocenters. The molecule has 3 amide bonds. The Labute approximate surface area is 275 Å². The lowest BCUT2D eigenvalue weighted by Gasteiger charge is -2.31. The van der Waals surface area contributed by atoms with Crippen LogP contribution in [-0.2, 0) is 19.1 Å². The summed E-state index contributed by atoms with van der Waals surface area (Å²) in [6.07, 6.45) is 4.00. The molecule has 8 nitrogen and oxygen atoms in total. The number of thiophene rings is 1. The molecule has 2 N–H and O–H groups in total. The minimum absolute atomic E-state index is 0.0792. The van der Waals surface area contributed by atoms with Gasteiger partial charge in [-0.15, -0.1) is 11.3 Å². The number of likely N-dealkylation sites (tertiary alicyclic amines) is 1. The van der Waals surface area contributed by atoms with E-state index in [1.54, 1.807) is 59.5 Å². The van der Waals surface area contributed by atoms with E-state index in [9.17, 15) is 19.2 Å². The van der Waals surface area contributed by atoms with Crippen molar-refractivity contribution in [3.05, 3.63) is 105 Å². The van der Waals surface area contributed by atoms with Crippen molar-refractivity contribution in [1.82, 2.24) is 10.2 Å². The Morgan fingerprint density at radius 1 is 1.00 bits per heavy atom. The number of carbonyl (C=O) groups excluding carboxylic acids is 4. The number of methoxy groups -OCH3 is 1. The first kappa shape index (κ1) is 32.2. The molecular formula is C34H31Cl2N3O5S. The van der Waals surface area contributed by atoms with Crippen molar-refractivity contribution in [1.29, 1.82) is 0 Å². The number of nitrogens with zero attached hydrogens (tertiary/aromatic N) is 1. The van der Waals surface area contributed by atoms with Gasteiger partial charge in [0.25, 0.3) is 5.91 Å². The van der Waals surface area contributed by atoms with Gasteiger partial charge in [-0.05, 0) is 77.2 Å². The standard InChI is InChI=1S/C34H31Cl2N3O5S/c1-44-29(41)20-27(23-8-5-9-26(19-23)37-33(42)21-6-3-2-4-7-21)38-34(43)22-12-15-39(16-13-22)28(40)11-10-24-18-25-14-17-45-32(25)31(36)30(24)35/h2-11,14,17-19,22,27H,12-13,15-16,20H2,1H3,(H,37,42)(H,38,43)/b11-10+/t27-/m1/s1. The number of fused-ring (bicyclic) bond motifs is 1. The molecule has 1 saturated heterocycles. The minimum atomic E-state index is -0.668. The number of halogens is 2. The third kappa shape index (κ3) is 7.92. The molecule has 5 rings (SSSR count). The SMILES string of the molecule is COC(=O)C[C@@H](NC(=O)C1CCN(C(=O)/C=C/c2cc3ccsc3c(Cl)c2Cl)CC1)c1cccc(NC(=O)c2ccccc2)c1. The van der Waals surface area contributed by atoms with Crippen molar-refractivity contribution in [2.75, 3.05) is 25.5 Å². The van der Waals surface area contributed by atoms with E-state index in [1.165, 1.54) is 24.5 Å². The number of benzene rings is 3. The van der Waals surface area contributed by atoms with Crippen molar-refractivity contribution in [3.63, 3.8) is 0 Å². The fourth-order valence-electron chi connectivity index (χ4n) is 5.24. The van der Waals surface area contributed by atoms with Gasteiger partial charge in [0.2, 0.25) is 11.8 Å². The molecule has 2 heterocycles. The van der Waals surface area contributed by atoms with Crippen LogP contribution in [-0.4, -0.2) is 48.8 Å². The van der Waals surface area contributed by atoms with Crippen LogP contribution in [0.5, 0.6) is 0 Å². The van der Waals surface area contributed by atoms with E-state index in [2.05, 4.69) is 10.6 Å². The van der Waals surface area contributed by atoms with E-state index in [4.69, 9.17) is 27.9 Å². The van der Waals surface area contributed by atoms with Crippen LogP contribution in [0.3, 0.4) is 0 Å². The molecule has 0 spiro atoms. The third-order valence-corrected chi connectivity index (χ3v) is 9.67. The molecule has 1 aliphatic heterocycles. The van der Waals surface area contributed by atoms with Gasteiger partial charge in [-0.25, -0.2) is 0 Å². The highest BCUT2D eigenvalue weighted by Gasteiger charge is 2.29. The molecule has 1 aliphatic rings. The number of piperidine rings is 1. The second kappa shape index (κ2) is 14.7. The van der Waals surface area contributed by atoms with Crippen LogP contribution in [0.15, 0.2) is 78.2 Å². The summed E-state index contributed by atoms with van der Waals surface area (Å²) in [5.74, 6) is -1.48. The molecule has 0 radical (unpaired) electrons. The van der Waals surface area contributed by atoms with Gasteiger partial charge in [-0.1, -0.05) is 53.5 Å². The zero-order chi connectivity index (χ0) is 31.9. The van der Waals surface area contributed by atoms with Gasteiger partial charge < -0.3 is 20.3 Å². The molecule has 45 heavy (non-hydrogen) atoms. The molecule has 1 fully saturated rings. The number of carbonyl (C=O) groups is 4. The van der Waals surface area contributed by atoms with Crippen LogP contribution in [0, 0.1) is 5.92 Å². The van der Waals surface area contributed by atoms with E-state index in [0.717, 1.165) is 10.1 Å². The quantitative estimate of drug-likeness (QED) is 0.146. The van der Waals surface area contributed by atoms with Gasteiger partial charge in [0.1, 0.15) is 0 Å². The Hall–Kier alpha value is -4.18. The molecule has 232 valence electrons. The maximum absolute atomic E-state index is 13.4. The summed E-state index contributed by atoms with van der Waals surface area (Å²) >= 11 is 14.4. The molecule has 0 aliphatic carbocycles. The molecule has 1 atom stereocenters. The molecule has 4 aromatic rings. The van der Waals surface area contributed by atoms with Crippen molar-refractivity contribution in [2.24, 2.45) is 5.92 Å². The first-order chi connectivity index (χ1) is 21.7. The first-order valence-corrected chi connectivity index (χ1v) is 16.0. The summed E-state index contributed by atoms with van der Waals surface area (Å²) in [4.78, 5) is 52.9. The largest absolute Gasteiger partial charge is 0.469 e. The molecule has 0 bridgehead atoms. The van der Waals surface area contributed by atoms with E-state index in [1.807, 2.05) is 23.6 Å². The second-order valence-corrected chi connectivity index (χ2v) is 12.3. The van der Waals surface area contributed by atoms with Gasteiger partial charge in [0, 0.05) is 36.3 Å². The lowest BCUT2D eigenvalue weighted by molar-refractivity contribution is -0.141. The van der Waals surface area contributed by atoms with E-state index in [-0.39, 0.29) is 30.1 Å². The van der Waals surface area contributed by atoms with E-state index < -0.39 is 12.0 Å². The Morgan fingerprint density at radius 3 is 2.49 bits per heavy atom. The van der Waals surface area contributed by atoms with Gasteiger partial charge >= 0.3 is 5.97 Å². The lowest BCUT2D eigenvalue weighted by Crippen LogP contribution is -2.43. The van der Waals surface area contributed by atoms with Crippen LogP contribution in [0.25, 0.3) is 16.2 Å². The highest BCUT2D eigenvalue weighted by molar-refractivity contribution is 7.18. The Kier molecular flexibility index (Phi) is 10.5. The summed E-state index contributed by atoms with van der Waals surface area (Å²) in [7, 11) is 1.29. The highest BCUT2D eigenvalue weighted by Crippen LogP contribution is 2.37. The lowest BCUT2D eigenvalue weighted by atomic mass is 9.94. The van der Waals surface area contributed by atoms with Crippen molar-refractivity contribution in [3.8, 4) is 0 Å². The van der Waals surface area contributed by atoms with E-state index in [0.29, 0.717) is 58.4 Å². The minimum Gasteiger partial charge on any atom is -0.469 e. The number of nitrogens with one attached hydrogen (secondary N) is 2. The number of hydrogen-bond acceptors (Lipinski definition) is 6. The maximum Gasteiger partial charge on any atom is 0.307 e. The van der Waals surface area contributed by atoms with Gasteiger partial charge in [-0.3, -0.25) is 19.2 Å². The summed E-state index contributed by atoms with van der Waals surface area (Å²) in [6.45, 7) is 0.809. The van der Waals surface area contributed by atoms with Crippen LogP contribution < -0.4 is 10.6 Å². The molecule has 0 saturated carbocycles. The first-order valence-electron chi connectivity index (χ1n) is 14.4. The fourth-order valence-corrected chi connectivity index (χ4v) is 6.68. The number of ether oxygens (including phenoxy) is 1. The number of esters is 1. The topological polar surface area (TPSA) is 105 Å². The van der Waals surface area contributed by atoms with Crippen molar-refractivity contribution in [2.45, 2.75) is 25.3 Å². The van der Waals surface area contributed by atoms with Crippen LogP contribution in [0.2, 0.25) is 10.0 Å². The second-order valence-electron chi connectivity index (χ2n) is 10.7. The molecule has 1 aromatic heterocycles. The van der Waals surface area contributed by atoms with E-state index >= 15 is 0 Å². The third-order valence-electron chi connectivity index (χ3n) is 7.73. The predicted molar refractivity (Wildman–Crippen MR) is 179 cm³/mol. The smallest absolute Gasteiger partial charge is 0.307 e. The Balaban J connectivity index is 1.20. The molecular weight excluding hydrogens is 633 g/mol. The molecule has 3 aromatic carbocycles. The van der Waals surface area contributed by atoms with Crippen LogP contribution >= 0.6 is 34.5 Å². The summed E-state index contributed by atoms with van der Waals surface area (Å²) < 4.78 is 5.79. The summed E-state index contributed by atoms with van der Waals surface area (Å²) in [6, 6.07) is 19.0. The average molecular weight is 665 g/mol. The van der Waals surface area contributed by atoms with Gasteiger partial charge in [-0.2, -0.15) is 0 Å². The van der Waals surface area contributed by atoms with Crippen LogP contribution in [0.1, 0.15) is 46.8 Å². The fraction of sp³-hybridized carbons (Fsp3) is 0.235. The zero-order valence-electron chi connectivity index (χ0n) is 24.4. The van der Waals surface area contributed by atoms with Gasteiger partial charge in [0.05, 0.1) is 34.3 Å². The molecule has 11 heteroatoms. The highest BCUT2D eigenvalue weighted by atomic mass is 35.5. The van der Waals surface area contributed by atoms with Crippen LogP contribution in [0.4, 0.5) is 5.69 Å². The Bertz CT molecular complexity index is 1750. The van der Waals surface area contributed by atoms with Gasteiger partial charge in [0.15, 0.2) is 0 Å². The van der Waals surface area contributed by atoms with Crippen molar-refractivity contribution >= 4 is 80.1 Å². The normalized spacial score (nSPS) is 14.3. The monoisotopic (exact) mass is 663 g/mol. The summed E-state index contributed by atoms with van der Waals surface area (Å²) in [5.41, 5.74) is 2.35.